The van der Waals surface area contributed by atoms with Crippen molar-refractivity contribution in [2.45, 2.75) is 33.7 Å². The van der Waals surface area contributed by atoms with E-state index < -0.39 is 0 Å². The lowest BCUT2D eigenvalue weighted by Crippen LogP contribution is -2.61. The second kappa shape index (κ2) is 3.49. The molecule has 2 nitrogen and oxygen atoms in total. The van der Waals surface area contributed by atoms with Gasteiger partial charge in [-0.3, -0.25) is 0 Å². The van der Waals surface area contributed by atoms with E-state index in [0.29, 0.717) is 11.5 Å². The summed E-state index contributed by atoms with van der Waals surface area (Å²) < 4.78 is 5.43. The molecule has 2 heterocycles. The minimum absolute atomic E-state index is 0.519. The first-order valence-electron chi connectivity index (χ1n) is 5.88. The summed E-state index contributed by atoms with van der Waals surface area (Å²) >= 11 is 0. The van der Waals surface area contributed by atoms with E-state index in [1.807, 2.05) is 0 Å². The lowest BCUT2D eigenvalue weighted by Gasteiger charge is -2.56. The van der Waals surface area contributed by atoms with Crippen molar-refractivity contribution in [2.75, 3.05) is 26.3 Å². The van der Waals surface area contributed by atoms with Crippen molar-refractivity contribution in [3.8, 4) is 0 Å². The van der Waals surface area contributed by atoms with Crippen LogP contribution in [0.3, 0.4) is 0 Å². The first-order chi connectivity index (χ1) is 6.56. The first kappa shape index (κ1) is 10.4. The molecule has 0 amide bonds. The molecule has 0 aromatic carbocycles. The topological polar surface area (TPSA) is 12.5 Å². The van der Waals surface area contributed by atoms with Crippen molar-refractivity contribution in [1.29, 1.82) is 0 Å². The Kier molecular flexibility index (Phi) is 2.61. The lowest BCUT2D eigenvalue weighted by atomic mass is 9.63. The van der Waals surface area contributed by atoms with Gasteiger partial charge in [-0.1, -0.05) is 13.8 Å². The molecule has 0 N–H and O–H groups in total. The number of hydrogen-bond acceptors (Lipinski definition) is 2. The highest BCUT2D eigenvalue weighted by Crippen LogP contribution is 2.46. The van der Waals surface area contributed by atoms with Crippen LogP contribution in [0.2, 0.25) is 0 Å². The van der Waals surface area contributed by atoms with E-state index in [-0.39, 0.29) is 0 Å². The molecular formula is C12H23NO. The molecule has 0 aromatic rings. The van der Waals surface area contributed by atoms with Gasteiger partial charge in [-0.15, -0.1) is 0 Å². The van der Waals surface area contributed by atoms with Crippen molar-refractivity contribution in [3.63, 3.8) is 0 Å². The van der Waals surface area contributed by atoms with Crippen molar-refractivity contribution in [2.24, 2.45) is 17.3 Å². The zero-order valence-electron chi connectivity index (χ0n) is 9.92. The average molecular weight is 197 g/mol. The molecule has 2 atom stereocenters. The van der Waals surface area contributed by atoms with E-state index >= 15 is 0 Å². The Labute approximate surface area is 87.6 Å². The van der Waals surface area contributed by atoms with Crippen LogP contribution in [0.25, 0.3) is 0 Å². The van der Waals surface area contributed by atoms with Crippen LogP contribution in [0.1, 0.15) is 27.7 Å². The molecule has 82 valence electrons. The second-order valence-electron chi connectivity index (χ2n) is 5.58. The minimum Gasteiger partial charge on any atom is -0.380 e. The molecule has 2 heteroatoms. The van der Waals surface area contributed by atoms with Crippen LogP contribution < -0.4 is 0 Å². The van der Waals surface area contributed by atoms with Crippen LogP contribution in [-0.4, -0.2) is 37.2 Å². The minimum atomic E-state index is 0.519. The maximum absolute atomic E-state index is 5.43. The summed E-state index contributed by atoms with van der Waals surface area (Å²) in [6.45, 7) is 13.9. The van der Waals surface area contributed by atoms with Gasteiger partial charge in [0, 0.05) is 24.5 Å². The molecule has 0 aromatic heterocycles. The average Bonchev–Trinajstić information content (AvgIpc) is 1.99. The molecule has 0 saturated carbocycles. The Balaban J connectivity index is 2.06. The van der Waals surface area contributed by atoms with Gasteiger partial charge in [-0.25, -0.2) is 0 Å². The van der Waals surface area contributed by atoms with Gasteiger partial charge in [-0.2, -0.15) is 0 Å². The fourth-order valence-corrected chi connectivity index (χ4v) is 2.96. The summed E-state index contributed by atoms with van der Waals surface area (Å²) in [6.07, 6.45) is 0. The van der Waals surface area contributed by atoms with Gasteiger partial charge in [0.25, 0.3) is 0 Å². The summed E-state index contributed by atoms with van der Waals surface area (Å²) in [6, 6.07) is 0.693. The number of rotatable bonds is 1. The van der Waals surface area contributed by atoms with Crippen LogP contribution in [-0.2, 0) is 4.74 Å². The zero-order chi connectivity index (χ0) is 10.3. The van der Waals surface area contributed by atoms with Crippen LogP contribution in [0.4, 0.5) is 0 Å². The number of ether oxygens (including phenoxy) is 1. The first-order valence-corrected chi connectivity index (χ1v) is 5.88. The van der Waals surface area contributed by atoms with Crippen molar-refractivity contribution in [3.05, 3.63) is 0 Å². The molecule has 0 radical (unpaired) electrons. The Hall–Kier alpha value is -0.0800. The predicted molar refractivity (Wildman–Crippen MR) is 58.3 cm³/mol. The molecule has 0 bridgehead atoms. The molecular weight excluding hydrogens is 174 g/mol. The third-order valence-corrected chi connectivity index (χ3v) is 4.45. The van der Waals surface area contributed by atoms with E-state index in [0.717, 1.165) is 25.0 Å². The molecule has 2 aliphatic rings. The Morgan fingerprint density at radius 2 is 1.64 bits per heavy atom. The van der Waals surface area contributed by atoms with E-state index in [9.17, 15) is 0 Å². The number of piperidine rings is 1. The SMILES string of the molecule is CC(C)N1C[C@@H](C)C2(COC2)[C@H](C)C1. The molecule has 0 unspecified atom stereocenters. The molecule has 2 rings (SSSR count). The maximum Gasteiger partial charge on any atom is 0.0550 e. The molecule has 2 aliphatic heterocycles. The van der Waals surface area contributed by atoms with Gasteiger partial charge in [0.1, 0.15) is 0 Å². The van der Waals surface area contributed by atoms with Gasteiger partial charge in [0.05, 0.1) is 13.2 Å². The van der Waals surface area contributed by atoms with Crippen LogP contribution in [0.15, 0.2) is 0 Å². The smallest absolute Gasteiger partial charge is 0.0550 e. The van der Waals surface area contributed by atoms with Gasteiger partial charge in [0.2, 0.25) is 0 Å². The summed E-state index contributed by atoms with van der Waals surface area (Å²) in [5.41, 5.74) is 0.519. The second-order valence-corrected chi connectivity index (χ2v) is 5.58. The Bertz CT molecular complexity index is 196. The summed E-state index contributed by atoms with van der Waals surface area (Å²) in [5.74, 6) is 1.59. The number of likely N-dealkylation sites (tertiary alicyclic amines) is 1. The van der Waals surface area contributed by atoms with Gasteiger partial charge >= 0.3 is 0 Å². The molecule has 14 heavy (non-hydrogen) atoms. The fraction of sp³-hybridized carbons (Fsp3) is 1.00. The molecule has 2 saturated heterocycles. The Morgan fingerprint density at radius 1 is 1.14 bits per heavy atom. The summed E-state index contributed by atoms with van der Waals surface area (Å²) in [7, 11) is 0. The highest BCUT2D eigenvalue weighted by atomic mass is 16.5. The standard InChI is InChI=1S/C12H23NO/c1-9(2)13-5-10(3)12(7-14-8-12)11(4)6-13/h9-11H,5-8H2,1-4H3/t10-,11-/m1/s1. The van der Waals surface area contributed by atoms with Crippen molar-refractivity contribution in [1.82, 2.24) is 4.90 Å². The quantitative estimate of drug-likeness (QED) is 0.637. The fourth-order valence-electron chi connectivity index (χ4n) is 2.96. The molecule has 0 aliphatic carbocycles. The lowest BCUT2D eigenvalue weighted by molar-refractivity contribution is -0.198. The van der Waals surface area contributed by atoms with Crippen LogP contribution >= 0.6 is 0 Å². The predicted octanol–water partition coefficient (Wildman–Crippen LogP) is 2.00. The van der Waals surface area contributed by atoms with Gasteiger partial charge in [-0.05, 0) is 25.7 Å². The van der Waals surface area contributed by atoms with Crippen LogP contribution in [0, 0.1) is 17.3 Å². The van der Waals surface area contributed by atoms with E-state index in [1.165, 1.54) is 13.1 Å². The highest BCUT2D eigenvalue weighted by Gasteiger charge is 2.51. The third kappa shape index (κ3) is 1.40. The van der Waals surface area contributed by atoms with Crippen molar-refractivity contribution >= 4 is 0 Å². The number of nitrogens with zero attached hydrogens (tertiary/aromatic N) is 1. The summed E-state index contributed by atoms with van der Waals surface area (Å²) in [5, 5.41) is 0. The molecule has 2 fully saturated rings. The van der Waals surface area contributed by atoms with Crippen LogP contribution in [0.5, 0.6) is 0 Å². The summed E-state index contributed by atoms with van der Waals surface area (Å²) in [4.78, 5) is 2.61. The normalized spacial score (nSPS) is 37.5. The Morgan fingerprint density at radius 3 is 1.93 bits per heavy atom. The monoisotopic (exact) mass is 197 g/mol. The molecule has 1 spiro atoms. The number of hydrogen-bond donors (Lipinski definition) is 0. The largest absolute Gasteiger partial charge is 0.380 e. The van der Waals surface area contributed by atoms with Gasteiger partial charge in [0.15, 0.2) is 0 Å². The highest BCUT2D eigenvalue weighted by molar-refractivity contribution is 4.99. The van der Waals surface area contributed by atoms with Gasteiger partial charge < -0.3 is 9.64 Å². The zero-order valence-corrected chi connectivity index (χ0v) is 9.92. The van der Waals surface area contributed by atoms with E-state index in [2.05, 4.69) is 32.6 Å². The maximum atomic E-state index is 5.43. The van der Waals surface area contributed by atoms with Crippen molar-refractivity contribution < 1.29 is 4.74 Å². The van der Waals surface area contributed by atoms with E-state index in [4.69, 9.17) is 4.74 Å². The third-order valence-electron chi connectivity index (χ3n) is 4.45. The van der Waals surface area contributed by atoms with E-state index in [1.54, 1.807) is 0 Å².